The molecule has 1 fully saturated rings. The molecule has 3 aromatic rings. The number of benzene rings is 3. The number of nitrogen functional groups attached to an aromatic ring is 1. The van der Waals surface area contributed by atoms with E-state index in [1.54, 1.807) is 7.11 Å². The monoisotopic (exact) mass is 533 g/mol. The van der Waals surface area contributed by atoms with Crippen LogP contribution in [0.25, 0.3) is 0 Å². The molecule has 0 aromatic heterocycles. The Hall–Kier alpha value is -2.96. The maximum absolute atomic E-state index is 13.6. The second kappa shape index (κ2) is 12.3. The summed E-state index contributed by atoms with van der Waals surface area (Å²) in [5.41, 5.74) is 8.66. The molecule has 6 heteroatoms. The van der Waals surface area contributed by atoms with Gasteiger partial charge in [-0.25, -0.2) is 4.79 Å². The highest BCUT2D eigenvalue weighted by atomic mass is 32.2. The van der Waals surface area contributed by atoms with Crippen molar-refractivity contribution in [3.05, 3.63) is 90.0 Å². The summed E-state index contributed by atoms with van der Waals surface area (Å²) in [6.07, 6.45) is 1.19. The van der Waals surface area contributed by atoms with Gasteiger partial charge in [0.15, 0.2) is 6.10 Å². The first-order chi connectivity index (χ1) is 18.2. The molecule has 0 spiro atoms. The predicted molar refractivity (Wildman–Crippen MR) is 154 cm³/mol. The molecule has 202 valence electrons. The minimum Gasteiger partial charge on any atom is -0.497 e. The molecule has 4 rings (SSSR count). The van der Waals surface area contributed by atoms with Gasteiger partial charge in [-0.05, 0) is 59.6 Å². The van der Waals surface area contributed by atoms with Gasteiger partial charge in [-0.15, -0.1) is 11.8 Å². The van der Waals surface area contributed by atoms with E-state index in [1.807, 2.05) is 54.6 Å². The van der Waals surface area contributed by atoms with Crippen LogP contribution in [0.15, 0.2) is 83.8 Å². The number of para-hydroxylation sites is 1. The Morgan fingerprint density at radius 1 is 1.00 bits per heavy atom. The second-order valence-electron chi connectivity index (χ2n) is 10.9. The van der Waals surface area contributed by atoms with Crippen molar-refractivity contribution in [2.24, 2.45) is 11.8 Å². The van der Waals surface area contributed by atoms with E-state index in [0.29, 0.717) is 17.4 Å². The number of carbonyl (C=O) groups excluding carboxylic acids is 1. The highest BCUT2D eigenvalue weighted by molar-refractivity contribution is 7.99. The van der Waals surface area contributed by atoms with Gasteiger partial charge in [0, 0.05) is 16.5 Å². The molecule has 3 aromatic carbocycles. The number of nitrogens with two attached hydrogens (primary N) is 1. The molecule has 1 aliphatic carbocycles. The number of hydrogen-bond donors (Lipinski definition) is 2. The van der Waals surface area contributed by atoms with Crippen LogP contribution < -0.4 is 10.5 Å². The minimum atomic E-state index is -1.37. The molecule has 0 saturated heterocycles. The molecule has 0 amide bonds. The molecule has 3 N–H and O–H groups in total. The van der Waals surface area contributed by atoms with Crippen molar-refractivity contribution in [3.63, 3.8) is 0 Å². The highest BCUT2D eigenvalue weighted by Crippen LogP contribution is 2.45. The van der Waals surface area contributed by atoms with Crippen LogP contribution in [0.3, 0.4) is 0 Å². The fourth-order valence-corrected chi connectivity index (χ4v) is 6.71. The lowest BCUT2D eigenvalue weighted by atomic mass is 9.64. The summed E-state index contributed by atoms with van der Waals surface area (Å²) in [7, 11) is 1.61. The van der Waals surface area contributed by atoms with Crippen molar-refractivity contribution in [1.82, 2.24) is 0 Å². The number of thioether (sulfide) groups is 1. The molecule has 0 aliphatic heterocycles. The number of ether oxygens (including phenoxy) is 2. The number of rotatable bonds is 9. The van der Waals surface area contributed by atoms with E-state index in [0.717, 1.165) is 29.7 Å². The van der Waals surface area contributed by atoms with Crippen molar-refractivity contribution in [2.75, 3.05) is 12.8 Å². The summed E-state index contributed by atoms with van der Waals surface area (Å²) in [6.45, 7) is 6.67. The molecule has 1 aliphatic rings. The summed E-state index contributed by atoms with van der Waals surface area (Å²) >= 11 is 1.37. The Morgan fingerprint density at radius 2 is 1.66 bits per heavy atom. The maximum Gasteiger partial charge on any atom is 0.336 e. The first-order valence-electron chi connectivity index (χ1n) is 13.3. The fraction of sp³-hybridized carbons (Fsp3) is 0.406. The summed E-state index contributed by atoms with van der Waals surface area (Å²) < 4.78 is 11.5. The van der Waals surface area contributed by atoms with Crippen LogP contribution in [0.5, 0.6) is 5.75 Å². The van der Waals surface area contributed by atoms with Gasteiger partial charge in [0.25, 0.3) is 0 Å². The number of esters is 1. The number of aliphatic hydroxyl groups excluding tert-OH is 1. The van der Waals surface area contributed by atoms with Crippen molar-refractivity contribution in [3.8, 4) is 5.75 Å². The van der Waals surface area contributed by atoms with Gasteiger partial charge >= 0.3 is 5.97 Å². The maximum atomic E-state index is 13.6. The summed E-state index contributed by atoms with van der Waals surface area (Å²) in [6, 6.07) is 25.3. The van der Waals surface area contributed by atoms with Crippen LogP contribution in [-0.2, 0) is 14.9 Å². The van der Waals surface area contributed by atoms with Crippen molar-refractivity contribution in [2.45, 2.75) is 67.8 Å². The van der Waals surface area contributed by atoms with E-state index in [1.165, 1.54) is 17.3 Å². The lowest BCUT2D eigenvalue weighted by molar-refractivity contribution is -0.166. The Balaban J connectivity index is 1.59. The first kappa shape index (κ1) is 28.1. The molecule has 0 bridgehead atoms. The third-order valence-corrected chi connectivity index (χ3v) is 9.32. The Bertz CT molecular complexity index is 1200. The molecule has 1 saturated carbocycles. The van der Waals surface area contributed by atoms with Gasteiger partial charge in [-0.3, -0.25) is 0 Å². The molecule has 5 nitrogen and oxygen atoms in total. The average molecular weight is 534 g/mol. The Labute approximate surface area is 230 Å². The lowest BCUT2D eigenvalue weighted by Crippen LogP contribution is -2.45. The number of anilines is 1. The van der Waals surface area contributed by atoms with Crippen molar-refractivity contribution < 1.29 is 19.4 Å². The molecular formula is C32H39NO4S. The van der Waals surface area contributed by atoms with Gasteiger partial charge in [0.05, 0.1) is 12.4 Å². The Kier molecular flexibility index (Phi) is 9.06. The zero-order valence-corrected chi connectivity index (χ0v) is 23.5. The van der Waals surface area contributed by atoms with E-state index in [4.69, 9.17) is 15.2 Å². The van der Waals surface area contributed by atoms with Gasteiger partial charge in [-0.2, -0.15) is 0 Å². The van der Waals surface area contributed by atoms with Crippen LogP contribution in [-0.4, -0.2) is 30.4 Å². The Morgan fingerprint density at radius 3 is 2.32 bits per heavy atom. The van der Waals surface area contributed by atoms with Crippen LogP contribution in [0.1, 0.15) is 56.4 Å². The van der Waals surface area contributed by atoms with E-state index >= 15 is 0 Å². The van der Waals surface area contributed by atoms with Crippen LogP contribution >= 0.6 is 11.8 Å². The minimum absolute atomic E-state index is 0.147. The highest BCUT2D eigenvalue weighted by Gasteiger charge is 2.43. The summed E-state index contributed by atoms with van der Waals surface area (Å²) in [4.78, 5) is 14.4. The second-order valence-corrected chi connectivity index (χ2v) is 12.1. The number of methoxy groups -OCH3 is 1. The van der Waals surface area contributed by atoms with Crippen LogP contribution in [0.4, 0.5) is 5.69 Å². The summed E-state index contributed by atoms with van der Waals surface area (Å²) in [5.74, 6) is 0.703. The average Bonchev–Trinajstić information content (AvgIpc) is 2.92. The zero-order chi connectivity index (χ0) is 27.3. The predicted octanol–water partition coefficient (Wildman–Crippen LogP) is 6.80. The summed E-state index contributed by atoms with van der Waals surface area (Å²) in [5, 5.41) is 10.8. The zero-order valence-electron chi connectivity index (χ0n) is 22.7. The van der Waals surface area contributed by atoms with Crippen LogP contribution in [0.2, 0.25) is 0 Å². The molecule has 5 unspecified atom stereocenters. The van der Waals surface area contributed by atoms with Crippen molar-refractivity contribution in [1.29, 1.82) is 0 Å². The van der Waals surface area contributed by atoms with Crippen molar-refractivity contribution >= 4 is 23.4 Å². The molecule has 38 heavy (non-hydrogen) atoms. The van der Waals surface area contributed by atoms with Crippen LogP contribution in [0, 0.1) is 11.8 Å². The van der Waals surface area contributed by atoms with E-state index in [9.17, 15) is 9.90 Å². The smallest absolute Gasteiger partial charge is 0.336 e. The third-order valence-electron chi connectivity index (χ3n) is 7.91. The number of aliphatic hydroxyl groups is 1. The standard InChI is InChI=1S/C32H39NO4S/c1-21-14-19-25(32(2,3)23-10-6-5-7-11-23)27(20-21)37-31(35)29(34)30(22-15-17-24(36-4)18-16-22)38-28-13-9-8-12-26(28)33/h5-13,15-18,21,25,27,29-30,34H,14,19-20,33H2,1-4H3. The molecule has 5 atom stereocenters. The third kappa shape index (κ3) is 6.36. The van der Waals surface area contributed by atoms with Gasteiger partial charge in [-0.1, -0.05) is 81.8 Å². The first-order valence-corrected chi connectivity index (χ1v) is 14.2. The van der Waals surface area contributed by atoms with E-state index < -0.39 is 17.3 Å². The van der Waals surface area contributed by atoms with Gasteiger partial charge < -0.3 is 20.3 Å². The fourth-order valence-electron chi connectivity index (χ4n) is 5.54. The SMILES string of the molecule is COc1ccc(C(Sc2ccccc2N)C(O)C(=O)OC2CC(C)CCC2C(C)(C)c2ccccc2)cc1. The number of carbonyl (C=O) groups is 1. The van der Waals surface area contributed by atoms with E-state index in [-0.39, 0.29) is 17.4 Å². The molecular weight excluding hydrogens is 494 g/mol. The number of hydrogen-bond acceptors (Lipinski definition) is 6. The molecule has 0 radical (unpaired) electrons. The molecule has 0 heterocycles. The van der Waals surface area contributed by atoms with Gasteiger partial charge in [0.2, 0.25) is 0 Å². The lowest BCUT2D eigenvalue weighted by Gasteiger charge is -2.44. The van der Waals surface area contributed by atoms with Gasteiger partial charge in [0.1, 0.15) is 11.9 Å². The van der Waals surface area contributed by atoms with E-state index in [2.05, 4.69) is 45.0 Å². The topological polar surface area (TPSA) is 81.8 Å². The largest absolute Gasteiger partial charge is 0.497 e. The quantitative estimate of drug-likeness (QED) is 0.179. The normalized spacial score (nSPS) is 21.3.